The molecule has 1 rings (SSSR count). The van der Waals surface area contributed by atoms with Gasteiger partial charge in [-0.25, -0.2) is 13.1 Å². The predicted molar refractivity (Wildman–Crippen MR) is 73.9 cm³/mol. The van der Waals surface area contributed by atoms with Gasteiger partial charge in [-0.2, -0.15) is 0 Å². The Kier molecular flexibility index (Phi) is 5.92. The Balaban J connectivity index is 2.66. The molecule has 0 heterocycles. The van der Waals surface area contributed by atoms with Gasteiger partial charge in [-0.3, -0.25) is 0 Å². The molecule has 3 nitrogen and oxygen atoms in total. The SMILES string of the molecule is CCCC(Cl)CNS(=O)(=O)c1ccc(Br)cc1. The quantitative estimate of drug-likeness (QED) is 0.809. The number of sulfonamides is 1. The number of rotatable bonds is 6. The third-order valence-corrected chi connectivity index (χ3v) is 4.56. The first-order valence-corrected chi connectivity index (χ1v) is 8.06. The average Bonchev–Trinajstić information content (AvgIpc) is 2.28. The second kappa shape index (κ2) is 6.73. The first kappa shape index (κ1) is 15.0. The average molecular weight is 341 g/mol. The Labute approximate surface area is 116 Å². The Morgan fingerprint density at radius 1 is 1.35 bits per heavy atom. The number of alkyl halides is 1. The van der Waals surface area contributed by atoms with Crippen molar-refractivity contribution in [3.63, 3.8) is 0 Å². The molecular weight excluding hydrogens is 326 g/mol. The predicted octanol–water partition coefficient (Wildman–Crippen LogP) is 3.13. The van der Waals surface area contributed by atoms with Crippen LogP contribution in [0.2, 0.25) is 0 Å². The van der Waals surface area contributed by atoms with Gasteiger partial charge in [-0.15, -0.1) is 11.6 Å². The highest BCUT2D eigenvalue weighted by molar-refractivity contribution is 9.10. The molecule has 0 aliphatic carbocycles. The van der Waals surface area contributed by atoms with Gasteiger partial charge in [-0.05, 0) is 30.7 Å². The highest BCUT2D eigenvalue weighted by atomic mass is 79.9. The summed E-state index contributed by atoms with van der Waals surface area (Å²) in [6.07, 6.45) is 1.73. The van der Waals surface area contributed by atoms with Crippen LogP contribution in [-0.2, 0) is 10.0 Å². The van der Waals surface area contributed by atoms with E-state index in [2.05, 4.69) is 20.7 Å². The minimum atomic E-state index is -3.45. The zero-order valence-corrected chi connectivity index (χ0v) is 12.6. The van der Waals surface area contributed by atoms with Crippen LogP contribution in [0.5, 0.6) is 0 Å². The summed E-state index contributed by atoms with van der Waals surface area (Å²) in [6.45, 7) is 2.27. The van der Waals surface area contributed by atoms with Crippen LogP contribution in [0.3, 0.4) is 0 Å². The second-order valence-electron chi connectivity index (χ2n) is 3.69. The van der Waals surface area contributed by atoms with Crippen LogP contribution in [0.4, 0.5) is 0 Å². The first-order valence-electron chi connectivity index (χ1n) is 5.35. The molecule has 0 aromatic heterocycles. The molecule has 1 unspecified atom stereocenters. The van der Waals surface area contributed by atoms with Gasteiger partial charge in [0, 0.05) is 16.4 Å². The first-order chi connectivity index (χ1) is 7.95. The molecule has 1 aromatic rings. The van der Waals surface area contributed by atoms with Crippen molar-refractivity contribution in [1.29, 1.82) is 0 Å². The Bertz CT molecular complexity index is 447. The largest absolute Gasteiger partial charge is 0.240 e. The van der Waals surface area contributed by atoms with E-state index in [0.717, 1.165) is 17.3 Å². The highest BCUT2D eigenvalue weighted by Gasteiger charge is 2.15. The zero-order chi connectivity index (χ0) is 12.9. The lowest BCUT2D eigenvalue weighted by atomic mass is 10.2. The topological polar surface area (TPSA) is 46.2 Å². The normalized spacial score (nSPS) is 13.6. The van der Waals surface area contributed by atoms with Gasteiger partial charge in [0.15, 0.2) is 0 Å². The van der Waals surface area contributed by atoms with E-state index >= 15 is 0 Å². The molecule has 0 radical (unpaired) electrons. The van der Waals surface area contributed by atoms with Crippen LogP contribution in [0.25, 0.3) is 0 Å². The van der Waals surface area contributed by atoms with E-state index in [1.165, 1.54) is 0 Å². The number of hydrogen-bond donors (Lipinski definition) is 1. The molecule has 1 atom stereocenters. The lowest BCUT2D eigenvalue weighted by Gasteiger charge is -2.10. The molecular formula is C11H15BrClNO2S. The maximum absolute atomic E-state index is 11.9. The van der Waals surface area contributed by atoms with Gasteiger partial charge in [0.1, 0.15) is 0 Å². The highest BCUT2D eigenvalue weighted by Crippen LogP contribution is 2.14. The van der Waals surface area contributed by atoms with Gasteiger partial charge in [0.25, 0.3) is 0 Å². The van der Waals surface area contributed by atoms with Crippen LogP contribution in [0.15, 0.2) is 33.6 Å². The van der Waals surface area contributed by atoms with Crippen LogP contribution < -0.4 is 4.72 Å². The molecule has 0 saturated heterocycles. The third kappa shape index (κ3) is 4.95. The number of halogens is 2. The Hall–Kier alpha value is -0.100. The molecule has 0 saturated carbocycles. The minimum absolute atomic E-state index is 0.162. The maximum atomic E-state index is 11.9. The fraction of sp³-hybridized carbons (Fsp3) is 0.455. The van der Waals surface area contributed by atoms with Crippen LogP contribution in [-0.4, -0.2) is 20.3 Å². The van der Waals surface area contributed by atoms with Crippen LogP contribution in [0, 0.1) is 0 Å². The van der Waals surface area contributed by atoms with E-state index in [1.54, 1.807) is 24.3 Å². The van der Waals surface area contributed by atoms with Gasteiger partial charge >= 0.3 is 0 Å². The van der Waals surface area contributed by atoms with E-state index < -0.39 is 10.0 Å². The van der Waals surface area contributed by atoms with Crippen LogP contribution >= 0.6 is 27.5 Å². The molecule has 96 valence electrons. The minimum Gasteiger partial charge on any atom is -0.210 e. The molecule has 0 bridgehead atoms. The van der Waals surface area contributed by atoms with Crippen molar-refractivity contribution in [3.8, 4) is 0 Å². The summed E-state index contributed by atoms with van der Waals surface area (Å²) in [6, 6.07) is 6.49. The van der Waals surface area contributed by atoms with Gasteiger partial charge in [0.2, 0.25) is 10.0 Å². The summed E-state index contributed by atoms with van der Waals surface area (Å²) < 4.78 is 27.1. The molecule has 1 aromatic carbocycles. The van der Waals surface area contributed by atoms with Gasteiger partial charge < -0.3 is 0 Å². The van der Waals surface area contributed by atoms with E-state index in [4.69, 9.17) is 11.6 Å². The standard InChI is InChI=1S/C11H15BrClNO2S/c1-2-3-10(13)8-14-17(15,16)11-6-4-9(12)5-7-11/h4-7,10,14H,2-3,8H2,1H3. The Morgan fingerprint density at radius 3 is 2.47 bits per heavy atom. The summed E-state index contributed by atoms with van der Waals surface area (Å²) in [7, 11) is -3.45. The van der Waals surface area contributed by atoms with Crippen molar-refractivity contribution in [2.45, 2.75) is 30.0 Å². The molecule has 0 aliphatic heterocycles. The maximum Gasteiger partial charge on any atom is 0.240 e. The summed E-state index contributed by atoms with van der Waals surface area (Å²) in [5.74, 6) is 0. The van der Waals surface area contributed by atoms with Crippen molar-refractivity contribution in [2.24, 2.45) is 0 Å². The summed E-state index contributed by atoms with van der Waals surface area (Å²) in [5, 5.41) is -0.162. The fourth-order valence-electron chi connectivity index (χ4n) is 1.31. The summed E-state index contributed by atoms with van der Waals surface area (Å²) in [5.41, 5.74) is 0. The molecule has 6 heteroatoms. The van der Waals surface area contributed by atoms with E-state index in [1.807, 2.05) is 6.92 Å². The Morgan fingerprint density at radius 2 is 1.94 bits per heavy atom. The molecule has 0 amide bonds. The monoisotopic (exact) mass is 339 g/mol. The van der Waals surface area contributed by atoms with E-state index in [-0.39, 0.29) is 16.8 Å². The molecule has 0 aliphatic rings. The molecule has 0 fully saturated rings. The molecule has 0 spiro atoms. The van der Waals surface area contributed by atoms with E-state index in [0.29, 0.717) is 0 Å². The molecule has 1 N–H and O–H groups in total. The lowest BCUT2D eigenvalue weighted by molar-refractivity contribution is 0.577. The smallest absolute Gasteiger partial charge is 0.210 e. The lowest BCUT2D eigenvalue weighted by Crippen LogP contribution is -2.29. The van der Waals surface area contributed by atoms with Crippen molar-refractivity contribution in [1.82, 2.24) is 4.72 Å². The van der Waals surface area contributed by atoms with Crippen molar-refractivity contribution < 1.29 is 8.42 Å². The number of nitrogens with one attached hydrogen (secondary N) is 1. The number of hydrogen-bond acceptors (Lipinski definition) is 2. The van der Waals surface area contributed by atoms with Crippen LogP contribution in [0.1, 0.15) is 19.8 Å². The van der Waals surface area contributed by atoms with Gasteiger partial charge in [-0.1, -0.05) is 29.3 Å². The second-order valence-corrected chi connectivity index (χ2v) is 6.99. The van der Waals surface area contributed by atoms with Crippen molar-refractivity contribution in [3.05, 3.63) is 28.7 Å². The van der Waals surface area contributed by atoms with Gasteiger partial charge in [0.05, 0.1) is 4.90 Å². The van der Waals surface area contributed by atoms with Crippen molar-refractivity contribution in [2.75, 3.05) is 6.54 Å². The number of benzene rings is 1. The van der Waals surface area contributed by atoms with E-state index in [9.17, 15) is 8.42 Å². The third-order valence-electron chi connectivity index (χ3n) is 2.22. The summed E-state index contributed by atoms with van der Waals surface area (Å²) >= 11 is 9.22. The zero-order valence-electron chi connectivity index (χ0n) is 9.49. The van der Waals surface area contributed by atoms with Crippen molar-refractivity contribution >= 4 is 37.6 Å². The fourth-order valence-corrected chi connectivity index (χ4v) is 3.05. The summed E-state index contributed by atoms with van der Waals surface area (Å²) in [4.78, 5) is 0.251. The molecule has 17 heavy (non-hydrogen) atoms.